The van der Waals surface area contributed by atoms with Gasteiger partial charge in [0.15, 0.2) is 5.96 Å². The molecule has 0 amide bonds. The van der Waals surface area contributed by atoms with Crippen molar-refractivity contribution in [1.82, 2.24) is 10.2 Å². The van der Waals surface area contributed by atoms with Crippen LogP contribution in [0, 0.1) is 11.8 Å². The lowest BCUT2D eigenvalue weighted by Crippen LogP contribution is -2.43. The minimum Gasteiger partial charge on any atom is -0.373 e. The van der Waals surface area contributed by atoms with Gasteiger partial charge in [0.05, 0.1) is 6.10 Å². The van der Waals surface area contributed by atoms with Crippen LogP contribution in [-0.2, 0) is 4.74 Å². The average Bonchev–Trinajstić information content (AvgIpc) is 3.28. The molecule has 0 aliphatic carbocycles. The lowest BCUT2D eigenvalue weighted by atomic mass is 9.89. The number of likely N-dealkylation sites (tertiary alicyclic amines) is 1. The summed E-state index contributed by atoms with van der Waals surface area (Å²) in [5.74, 6) is 3.40. The Morgan fingerprint density at radius 3 is 2.63 bits per heavy atom. The fraction of sp³-hybridized carbons (Fsp3) is 0.480. The van der Waals surface area contributed by atoms with Gasteiger partial charge in [-0.25, -0.2) is 0 Å². The molecule has 0 bridgehead atoms. The van der Waals surface area contributed by atoms with Crippen molar-refractivity contribution in [3.63, 3.8) is 0 Å². The summed E-state index contributed by atoms with van der Waals surface area (Å²) < 4.78 is 6.16. The molecule has 2 aliphatic heterocycles. The summed E-state index contributed by atoms with van der Waals surface area (Å²) in [6.45, 7) is 3.94. The largest absolute Gasteiger partial charge is 0.373 e. The minimum atomic E-state index is 0.180. The molecule has 1 N–H and O–H groups in total. The van der Waals surface area contributed by atoms with Crippen LogP contribution in [0.2, 0.25) is 0 Å². The van der Waals surface area contributed by atoms with Crippen molar-refractivity contribution in [2.75, 3.05) is 39.0 Å². The number of guanidine groups is 1. The Bertz CT molecular complexity index is 799. The summed E-state index contributed by atoms with van der Waals surface area (Å²) in [6, 6.07) is 21.4. The summed E-state index contributed by atoms with van der Waals surface area (Å²) >= 11 is 1.97. The van der Waals surface area contributed by atoms with Crippen molar-refractivity contribution < 1.29 is 4.74 Å². The van der Waals surface area contributed by atoms with E-state index in [0.29, 0.717) is 11.8 Å². The first-order valence-electron chi connectivity index (χ1n) is 11.1. The number of thioether (sulfide) groups is 1. The normalized spacial score (nSPS) is 24.8. The highest BCUT2D eigenvalue weighted by Gasteiger charge is 2.29. The molecule has 2 aliphatic rings. The van der Waals surface area contributed by atoms with Gasteiger partial charge in [0.1, 0.15) is 0 Å². The molecule has 160 valence electrons. The fourth-order valence-electron chi connectivity index (χ4n) is 4.51. The standard InChI is InChI=1S/C25H33N3OS/c1-26-25(28-15-14-20(18-28)19-30-23-12-6-3-7-13-23)27-17-22-11-8-16-29-24(22)21-9-4-2-5-10-21/h2-7,9-10,12-13,20,22,24H,8,11,14-19H2,1H3,(H,26,27). The van der Waals surface area contributed by atoms with Gasteiger partial charge >= 0.3 is 0 Å². The summed E-state index contributed by atoms with van der Waals surface area (Å²) in [7, 11) is 1.90. The Hall–Kier alpha value is -1.98. The highest BCUT2D eigenvalue weighted by atomic mass is 32.2. The van der Waals surface area contributed by atoms with Gasteiger partial charge in [0.2, 0.25) is 0 Å². The maximum Gasteiger partial charge on any atom is 0.193 e. The van der Waals surface area contributed by atoms with Gasteiger partial charge in [-0.15, -0.1) is 11.8 Å². The van der Waals surface area contributed by atoms with Crippen LogP contribution in [0.5, 0.6) is 0 Å². The van der Waals surface area contributed by atoms with Crippen molar-refractivity contribution in [1.29, 1.82) is 0 Å². The predicted octanol–water partition coefficient (Wildman–Crippen LogP) is 4.84. The van der Waals surface area contributed by atoms with E-state index in [-0.39, 0.29) is 6.10 Å². The Labute approximate surface area is 185 Å². The van der Waals surface area contributed by atoms with E-state index in [2.05, 4.69) is 75.9 Å². The SMILES string of the molecule is CN=C(NCC1CCCOC1c1ccccc1)N1CCC(CSc2ccccc2)C1. The summed E-state index contributed by atoms with van der Waals surface area (Å²) in [4.78, 5) is 8.38. The second kappa shape index (κ2) is 10.9. The predicted molar refractivity (Wildman–Crippen MR) is 126 cm³/mol. The molecule has 2 heterocycles. The van der Waals surface area contributed by atoms with E-state index in [1.165, 1.54) is 29.1 Å². The van der Waals surface area contributed by atoms with Crippen LogP contribution in [0.4, 0.5) is 0 Å². The van der Waals surface area contributed by atoms with Gasteiger partial charge in [-0.2, -0.15) is 0 Å². The Kier molecular flexibility index (Phi) is 7.70. The number of hydrogen-bond donors (Lipinski definition) is 1. The van der Waals surface area contributed by atoms with Crippen molar-refractivity contribution in [3.8, 4) is 0 Å². The molecule has 2 aromatic carbocycles. The van der Waals surface area contributed by atoms with E-state index in [1.807, 2.05) is 18.8 Å². The molecule has 0 radical (unpaired) electrons. The highest BCUT2D eigenvalue weighted by Crippen LogP contribution is 2.33. The molecule has 4 rings (SSSR count). The van der Waals surface area contributed by atoms with Gasteiger partial charge in [0.25, 0.3) is 0 Å². The van der Waals surface area contributed by atoms with Crippen molar-refractivity contribution in [2.45, 2.75) is 30.3 Å². The minimum absolute atomic E-state index is 0.180. The molecule has 0 spiro atoms. The van der Waals surface area contributed by atoms with Gasteiger partial charge < -0.3 is 15.0 Å². The number of aliphatic imine (C=N–C) groups is 1. The topological polar surface area (TPSA) is 36.9 Å². The van der Waals surface area contributed by atoms with Gasteiger partial charge in [-0.05, 0) is 42.9 Å². The smallest absolute Gasteiger partial charge is 0.193 e. The summed E-state index contributed by atoms with van der Waals surface area (Å²) in [6.07, 6.45) is 3.75. The molecule has 0 saturated carbocycles. The van der Waals surface area contributed by atoms with Crippen molar-refractivity contribution in [3.05, 3.63) is 66.2 Å². The Balaban J connectivity index is 1.28. The zero-order valence-electron chi connectivity index (χ0n) is 17.9. The van der Waals surface area contributed by atoms with Gasteiger partial charge in [-0.1, -0.05) is 48.5 Å². The fourth-order valence-corrected chi connectivity index (χ4v) is 5.56. The lowest BCUT2D eigenvalue weighted by Gasteiger charge is -2.33. The molecule has 4 nitrogen and oxygen atoms in total. The maximum absolute atomic E-state index is 6.16. The Morgan fingerprint density at radius 1 is 1.10 bits per heavy atom. The molecule has 3 unspecified atom stereocenters. The number of benzene rings is 2. The van der Waals surface area contributed by atoms with Crippen LogP contribution < -0.4 is 5.32 Å². The highest BCUT2D eigenvalue weighted by molar-refractivity contribution is 7.99. The van der Waals surface area contributed by atoms with Crippen LogP contribution >= 0.6 is 11.8 Å². The van der Waals surface area contributed by atoms with Crippen LogP contribution in [0.3, 0.4) is 0 Å². The summed E-state index contributed by atoms with van der Waals surface area (Å²) in [5.41, 5.74) is 1.29. The quantitative estimate of drug-likeness (QED) is 0.410. The molecule has 0 aromatic heterocycles. The molecular weight excluding hydrogens is 390 g/mol. The average molecular weight is 424 g/mol. The first-order valence-corrected chi connectivity index (χ1v) is 12.1. The second-order valence-electron chi connectivity index (χ2n) is 8.26. The lowest BCUT2D eigenvalue weighted by molar-refractivity contribution is -0.0266. The zero-order chi connectivity index (χ0) is 20.6. The van der Waals surface area contributed by atoms with Crippen LogP contribution in [-0.4, -0.2) is 49.9 Å². The monoisotopic (exact) mass is 423 g/mol. The van der Waals surface area contributed by atoms with E-state index in [1.54, 1.807) is 0 Å². The van der Waals surface area contributed by atoms with Gasteiger partial charge in [-0.3, -0.25) is 4.99 Å². The third kappa shape index (κ3) is 5.58. The zero-order valence-corrected chi connectivity index (χ0v) is 18.7. The van der Waals surface area contributed by atoms with Crippen LogP contribution in [0.25, 0.3) is 0 Å². The number of ether oxygens (including phenoxy) is 1. The third-order valence-corrected chi connectivity index (χ3v) is 7.36. The molecular formula is C25H33N3OS. The van der Waals surface area contributed by atoms with E-state index in [9.17, 15) is 0 Å². The number of rotatable bonds is 6. The molecule has 5 heteroatoms. The number of hydrogen-bond acceptors (Lipinski definition) is 3. The van der Waals surface area contributed by atoms with E-state index in [0.717, 1.165) is 38.6 Å². The first-order chi connectivity index (χ1) is 14.8. The van der Waals surface area contributed by atoms with E-state index in [4.69, 9.17) is 4.74 Å². The van der Waals surface area contributed by atoms with Crippen molar-refractivity contribution >= 4 is 17.7 Å². The molecule has 3 atom stereocenters. The molecule has 30 heavy (non-hydrogen) atoms. The molecule has 2 saturated heterocycles. The number of nitrogens with zero attached hydrogens (tertiary/aromatic N) is 2. The van der Waals surface area contributed by atoms with Gasteiger partial charge in [0, 0.05) is 49.9 Å². The maximum atomic E-state index is 6.16. The molecule has 2 aromatic rings. The second-order valence-corrected chi connectivity index (χ2v) is 9.35. The van der Waals surface area contributed by atoms with E-state index >= 15 is 0 Å². The number of nitrogens with one attached hydrogen (secondary N) is 1. The summed E-state index contributed by atoms with van der Waals surface area (Å²) in [5, 5.41) is 3.66. The van der Waals surface area contributed by atoms with Crippen LogP contribution in [0.15, 0.2) is 70.6 Å². The Morgan fingerprint density at radius 2 is 1.87 bits per heavy atom. The van der Waals surface area contributed by atoms with Crippen molar-refractivity contribution in [2.24, 2.45) is 16.8 Å². The third-order valence-electron chi connectivity index (χ3n) is 6.12. The van der Waals surface area contributed by atoms with E-state index < -0.39 is 0 Å². The molecule has 2 fully saturated rings. The van der Waals surface area contributed by atoms with Crippen LogP contribution in [0.1, 0.15) is 30.9 Å². The first kappa shape index (κ1) is 21.3.